The third-order valence-corrected chi connectivity index (χ3v) is 4.30. The molecule has 29 heavy (non-hydrogen) atoms. The number of methoxy groups -OCH3 is 1. The molecule has 0 aliphatic heterocycles. The van der Waals surface area contributed by atoms with E-state index in [0.29, 0.717) is 12.5 Å². The fraction of sp³-hybridized carbons (Fsp3) is 0.0870. The second kappa shape index (κ2) is 8.84. The summed E-state index contributed by atoms with van der Waals surface area (Å²) < 4.78 is 5.30. The van der Waals surface area contributed by atoms with E-state index in [0.717, 1.165) is 34.2 Å². The predicted octanol–water partition coefficient (Wildman–Crippen LogP) is 4.90. The molecule has 2 heterocycles. The minimum atomic E-state index is 0.503. The second-order valence-corrected chi connectivity index (χ2v) is 6.36. The molecule has 4 aromatic rings. The SMILES string of the molecule is COc1cccc(Nc2nc(NCc3ccccn3)cc(-c3ccccc3)n2)c1. The summed E-state index contributed by atoms with van der Waals surface area (Å²) in [6.45, 7) is 0.574. The van der Waals surface area contributed by atoms with Gasteiger partial charge in [-0.3, -0.25) is 4.98 Å². The lowest BCUT2D eigenvalue weighted by Gasteiger charge is -2.12. The van der Waals surface area contributed by atoms with Crippen LogP contribution >= 0.6 is 0 Å². The molecular weight excluding hydrogens is 362 g/mol. The van der Waals surface area contributed by atoms with Gasteiger partial charge in [-0.15, -0.1) is 0 Å². The number of ether oxygens (including phenoxy) is 1. The molecule has 2 aromatic carbocycles. The van der Waals surface area contributed by atoms with E-state index in [4.69, 9.17) is 9.72 Å². The Morgan fingerprint density at radius 1 is 0.862 bits per heavy atom. The van der Waals surface area contributed by atoms with Crippen LogP contribution in [0, 0.1) is 0 Å². The molecule has 144 valence electrons. The van der Waals surface area contributed by atoms with Gasteiger partial charge in [0.05, 0.1) is 25.0 Å². The van der Waals surface area contributed by atoms with Crippen LogP contribution in [0.2, 0.25) is 0 Å². The number of nitrogens with zero attached hydrogens (tertiary/aromatic N) is 3. The Bertz CT molecular complexity index is 1070. The minimum Gasteiger partial charge on any atom is -0.497 e. The van der Waals surface area contributed by atoms with Crippen molar-refractivity contribution in [3.63, 3.8) is 0 Å². The number of hydrogen-bond acceptors (Lipinski definition) is 6. The van der Waals surface area contributed by atoms with Gasteiger partial charge < -0.3 is 15.4 Å². The molecule has 0 saturated heterocycles. The van der Waals surface area contributed by atoms with Gasteiger partial charge in [-0.2, -0.15) is 4.98 Å². The summed E-state index contributed by atoms with van der Waals surface area (Å²) >= 11 is 0. The zero-order chi connectivity index (χ0) is 19.9. The smallest absolute Gasteiger partial charge is 0.229 e. The van der Waals surface area contributed by atoms with E-state index in [-0.39, 0.29) is 0 Å². The summed E-state index contributed by atoms with van der Waals surface area (Å²) in [5.41, 5.74) is 3.64. The predicted molar refractivity (Wildman–Crippen MR) is 115 cm³/mol. The molecule has 0 aliphatic carbocycles. The van der Waals surface area contributed by atoms with Gasteiger partial charge in [0.25, 0.3) is 0 Å². The molecule has 2 aromatic heterocycles. The highest BCUT2D eigenvalue weighted by Crippen LogP contribution is 2.24. The summed E-state index contributed by atoms with van der Waals surface area (Å²) in [7, 11) is 1.64. The van der Waals surface area contributed by atoms with Gasteiger partial charge >= 0.3 is 0 Å². The van der Waals surface area contributed by atoms with Crippen molar-refractivity contribution in [2.24, 2.45) is 0 Å². The standard InChI is InChI=1S/C23H21N5O/c1-29-20-12-7-11-18(14-20)26-23-27-21(17-8-3-2-4-9-17)15-22(28-23)25-16-19-10-5-6-13-24-19/h2-15H,16H2,1H3,(H2,25,26,27,28). The Hall–Kier alpha value is -3.93. The highest BCUT2D eigenvalue weighted by Gasteiger charge is 2.08. The first-order valence-electron chi connectivity index (χ1n) is 9.29. The van der Waals surface area contributed by atoms with E-state index < -0.39 is 0 Å². The first kappa shape index (κ1) is 18.4. The zero-order valence-electron chi connectivity index (χ0n) is 16.0. The average molecular weight is 383 g/mol. The largest absolute Gasteiger partial charge is 0.497 e. The Morgan fingerprint density at radius 2 is 1.72 bits per heavy atom. The van der Waals surface area contributed by atoms with Crippen molar-refractivity contribution in [3.8, 4) is 17.0 Å². The summed E-state index contributed by atoms with van der Waals surface area (Å²) in [5.74, 6) is 1.99. The summed E-state index contributed by atoms with van der Waals surface area (Å²) in [4.78, 5) is 13.7. The van der Waals surface area contributed by atoms with Crippen LogP contribution < -0.4 is 15.4 Å². The Morgan fingerprint density at radius 3 is 2.52 bits per heavy atom. The van der Waals surface area contributed by atoms with Gasteiger partial charge in [0.15, 0.2) is 0 Å². The van der Waals surface area contributed by atoms with E-state index in [1.165, 1.54) is 0 Å². The topological polar surface area (TPSA) is 72.0 Å². The first-order chi connectivity index (χ1) is 14.3. The highest BCUT2D eigenvalue weighted by atomic mass is 16.5. The maximum atomic E-state index is 5.30. The van der Waals surface area contributed by atoms with Crippen LogP contribution in [0.15, 0.2) is 85.1 Å². The average Bonchev–Trinajstić information content (AvgIpc) is 2.79. The highest BCUT2D eigenvalue weighted by molar-refractivity contribution is 5.66. The van der Waals surface area contributed by atoms with E-state index in [1.54, 1.807) is 13.3 Å². The second-order valence-electron chi connectivity index (χ2n) is 6.36. The molecule has 6 nitrogen and oxygen atoms in total. The molecule has 0 spiro atoms. The first-order valence-corrected chi connectivity index (χ1v) is 9.29. The Kier molecular flexibility index (Phi) is 5.62. The van der Waals surface area contributed by atoms with Crippen LogP contribution in [-0.4, -0.2) is 22.1 Å². The van der Waals surface area contributed by atoms with Crippen molar-refractivity contribution in [1.82, 2.24) is 15.0 Å². The molecule has 0 atom stereocenters. The lowest BCUT2D eigenvalue weighted by molar-refractivity contribution is 0.415. The van der Waals surface area contributed by atoms with Crippen molar-refractivity contribution in [3.05, 3.63) is 90.8 Å². The molecule has 4 rings (SSSR count). The van der Waals surface area contributed by atoms with E-state index in [2.05, 4.69) is 20.6 Å². The summed E-state index contributed by atoms with van der Waals surface area (Å²) in [6, 6.07) is 25.5. The number of pyridine rings is 1. The molecule has 0 radical (unpaired) electrons. The number of anilines is 3. The van der Waals surface area contributed by atoms with Crippen LogP contribution in [0.25, 0.3) is 11.3 Å². The zero-order valence-corrected chi connectivity index (χ0v) is 16.0. The summed E-state index contributed by atoms with van der Waals surface area (Å²) in [6.07, 6.45) is 1.78. The van der Waals surface area contributed by atoms with Gasteiger partial charge in [-0.1, -0.05) is 42.5 Å². The lowest BCUT2D eigenvalue weighted by Crippen LogP contribution is -2.06. The van der Waals surface area contributed by atoms with Crippen LogP contribution in [-0.2, 0) is 6.54 Å². The molecule has 0 unspecified atom stereocenters. The van der Waals surface area contributed by atoms with Crippen molar-refractivity contribution >= 4 is 17.5 Å². The molecule has 0 fully saturated rings. The third-order valence-electron chi connectivity index (χ3n) is 4.30. The van der Waals surface area contributed by atoms with Crippen molar-refractivity contribution in [2.75, 3.05) is 17.7 Å². The number of hydrogen-bond donors (Lipinski definition) is 2. The lowest BCUT2D eigenvalue weighted by atomic mass is 10.1. The fourth-order valence-electron chi connectivity index (χ4n) is 2.86. The van der Waals surface area contributed by atoms with Crippen LogP contribution in [0.3, 0.4) is 0 Å². The molecule has 0 aliphatic rings. The Balaban J connectivity index is 1.64. The number of nitrogens with one attached hydrogen (secondary N) is 2. The maximum Gasteiger partial charge on any atom is 0.229 e. The van der Waals surface area contributed by atoms with Gasteiger partial charge in [0, 0.05) is 29.6 Å². The number of benzene rings is 2. The van der Waals surface area contributed by atoms with Gasteiger partial charge in [-0.25, -0.2) is 4.98 Å². The van der Waals surface area contributed by atoms with E-state index in [9.17, 15) is 0 Å². The molecule has 6 heteroatoms. The third kappa shape index (κ3) is 4.87. The molecule has 0 bridgehead atoms. The fourth-order valence-corrected chi connectivity index (χ4v) is 2.86. The van der Waals surface area contributed by atoms with E-state index in [1.807, 2.05) is 78.9 Å². The van der Waals surface area contributed by atoms with E-state index >= 15 is 0 Å². The van der Waals surface area contributed by atoms with Gasteiger partial charge in [0.1, 0.15) is 11.6 Å². The maximum absolute atomic E-state index is 5.30. The summed E-state index contributed by atoms with van der Waals surface area (Å²) in [5, 5.41) is 6.61. The van der Waals surface area contributed by atoms with Crippen molar-refractivity contribution in [2.45, 2.75) is 6.54 Å². The minimum absolute atomic E-state index is 0.503. The number of aromatic nitrogens is 3. The van der Waals surface area contributed by atoms with Crippen LogP contribution in [0.5, 0.6) is 5.75 Å². The normalized spacial score (nSPS) is 10.4. The monoisotopic (exact) mass is 383 g/mol. The number of rotatable bonds is 7. The quantitative estimate of drug-likeness (QED) is 0.473. The molecule has 0 amide bonds. The molecule has 0 saturated carbocycles. The van der Waals surface area contributed by atoms with Crippen molar-refractivity contribution in [1.29, 1.82) is 0 Å². The van der Waals surface area contributed by atoms with Crippen LogP contribution in [0.1, 0.15) is 5.69 Å². The Labute approximate surface area is 169 Å². The van der Waals surface area contributed by atoms with Crippen molar-refractivity contribution < 1.29 is 4.74 Å². The van der Waals surface area contributed by atoms with Crippen LogP contribution in [0.4, 0.5) is 17.5 Å². The van der Waals surface area contributed by atoms with Gasteiger partial charge in [-0.05, 0) is 24.3 Å². The molecule has 2 N–H and O–H groups in total. The van der Waals surface area contributed by atoms with Gasteiger partial charge in [0.2, 0.25) is 5.95 Å². The molecular formula is C23H21N5O.